The SMILES string of the molecule is O=C(NO)c1ccc2sc(/C=C/c3ccc(F)cc3)cc2c1. The predicted octanol–water partition coefficient (Wildman–Crippen LogP) is 4.33. The average Bonchev–Trinajstić information content (AvgIpc) is 2.95. The van der Waals surface area contributed by atoms with Crippen molar-refractivity contribution in [2.45, 2.75) is 0 Å². The maximum Gasteiger partial charge on any atom is 0.274 e. The van der Waals surface area contributed by atoms with Gasteiger partial charge < -0.3 is 0 Å². The monoisotopic (exact) mass is 313 g/mol. The summed E-state index contributed by atoms with van der Waals surface area (Å²) in [5, 5.41) is 9.60. The van der Waals surface area contributed by atoms with Crippen LogP contribution in [0, 0.1) is 5.82 Å². The van der Waals surface area contributed by atoms with E-state index in [2.05, 4.69) is 0 Å². The molecule has 2 N–H and O–H groups in total. The van der Waals surface area contributed by atoms with E-state index < -0.39 is 5.91 Å². The Labute approximate surface area is 130 Å². The van der Waals surface area contributed by atoms with Crippen LogP contribution in [0.2, 0.25) is 0 Å². The lowest BCUT2D eigenvalue weighted by Crippen LogP contribution is -2.18. The highest BCUT2D eigenvalue weighted by Crippen LogP contribution is 2.28. The average molecular weight is 313 g/mol. The lowest BCUT2D eigenvalue weighted by atomic mass is 10.1. The summed E-state index contributed by atoms with van der Waals surface area (Å²) in [7, 11) is 0. The summed E-state index contributed by atoms with van der Waals surface area (Å²) in [5.41, 5.74) is 2.94. The van der Waals surface area contributed by atoms with E-state index in [-0.39, 0.29) is 5.82 Å². The van der Waals surface area contributed by atoms with Gasteiger partial charge in [0.1, 0.15) is 5.82 Å². The normalized spacial score (nSPS) is 11.2. The number of halogens is 1. The maximum atomic E-state index is 12.8. The number of carbonyl (C=O) groups excluding carboxylic acids is 1. The molecule has 5 heteroatoms. The van der Waals surface area contributed by atoms with Gasteiger partial charge in [-0.1, -0.05) is 18.2 Å². The fourth-order valence-electron chi connectivity index (χ4n) is 2.10. The molecule has 3 aromatic rings. The first-order chi connectivity index (χ1) is 10.7. The Kier molecular flexibility index (Phi) is 4.00. The van der Waals surface area contributed by atoms with Gasteiger partial charge in [-0.3, -0.25) is 10.0 Å². The summed E-state index contributed by atoms with van der Waals surface area (Å²) in [6.45, 7) is 0. The first-order valence-corrected chi connectivity index (χ1v) is 7.39. The highest BCUT2D eigenvalue weighted by molar-refractivity contribution is 7.19. The molecule has 1 amide bonds. The summed E-state index contributed by atoms with van der Waals surface area (Å²) in [4.78, 5) is 12.4. The Morgan fingerprint density at radius 2 is 1.86 bits per heavy atom. The smallest absolute Gasteiger partial charge is 0.274 e. The molecular weight excluding hydrogens is 301 g/mol. The number of hydrogen-bond acceptors (Lipinski definition) is 3. The molecular formula is C17H12FNO2S. The van der Waals surface area contributed by atoms with Gasteiger partial charge in [-0.2, -0.15) is 0 Å². The summed E-state index contributed by atoms with van der Waals surface area (Å²) in [6, 6.07) is 13.5. The van der Waals surface area contributed by atoms with Crippen LogP contribution in [0.15, 0.2) is 48.5 Å². The van der Waals surface area contributed by atoms with E-state index in [1.54, 1.807) is 41.1 Å². The third-order valence-electron chi connectivity index (χ3n) is 3.21. The molecule has 22 heavy (non-hydrogen) atoms. The number of fused-ring (bicyclic) bond motifs is 1. The van der Waals surface area contributed by atoms with Crippen LogP contribution >= 0.6 is 11.3 Å². The predicted molar refractivity (Wildman–Crippen MR) is 86.4 cm³/mol. The van der Waals surface area contributed by atoms with Crippen LogP contribution in [0.3, 0.4) is 0 Å². The van der Waals surface area contributed by atoms with Crippen LogP contribution in [-0.4, -0.2) is 11.1 Å². The molecule has 0 aliphatic heterocycles. The lowest BCUT2D eigenvalue weighted by Gasteiger charge is -1.97. The standard InChI is InChI=1S/C17H12FNO2S/c18-14-5-1-11(2-6-14)3-7-15-10-13-9-12(17(20)19-21)4-8-16(13)22-15/h1-10,21H,(H,19,20)/b7-3+. The zero-order valence-electron chi connectivity index (χ0n) is 11.4. The van der Waals surface area contributed by atoms with E-state index in [4.69, 9.17) is 5.21 Å². The molecule has 0 saturated heterocycles. The number of carbonyl (C=O) groups is 1. The van der Waals surface area contributed by atoms with Crippen molar-refractivity contribution < 1.29 is 14.4 Å². The van der Waals surface area contributed by atoms with Crippen molar-refractivity contribution in [3.05, 3.63) is 70.4 Å². The van der Waals surface area contributed by atoms with Gasteiger partial charge in [0.15, 0.2) is 0 Å². The van der Waals surface area contributed by atoms with Gasteiger partial charge in [0, 0.05) is 15.1 Å². The molecule has 0 spiro atoms. The van der Waals surface area contributed by atoms with Crippen molar-refractivity contribution in [1.82, 2.24) is 5.48 Å². The van der Waals surface area contributed by atoms with E-state index >= 15 is 0 Å². The first kappa shape index (κ1) is 14.4. The van der Waals surface area contributed by atoms with Crippen molar-refractivity contribution >= 4 is 39.5 Å². The van der Waals surface area contributed by atoms with E-state index in [0.717, 1.165) is 20.5 Å². The van der Waals surface area contributed by atoms with Crippen LogP contribution in [0.1, 0.15) is 20.8 Å². The lowest BCUT2D eigenvalue weighted by molar-refractivity contribution is 0.0706. The molecule has 0 bridgehead atoms. The van der Waals surface area contributed by atoms with Gasteiger partial charge in [0.05, 0.1) is 0 Å². The van der Waals surface area contributed by atoms with Gasteiger partial charge in [-0.05, 0) is 53.4 Å². The van der Waals surface area contributed by atoms with Gasteiger partial charge in [-0.25, -0.2) is 9.87 Å². The number of hydroxylamine groups is 1. The van der Waals surface area contributed by atoms with Crippen molar-refractivity contribution in [2.75, 3.05) is 0 Å². The minimum atomic E-state index is -0.531. The van der Waals surface area contributed by atoms with Gasteiger partial charge in [0.25, 0.3) is 5.91 Å². The Hall–Kier alpha value is -2.50. The molecule has 0 unspecified atom stereocenters. The zero-order valence-corrected chi connectivity index (χ0v) is 12.2. The number of hydrogen-bond donors (Lipinski definition) is 2. The minimum absolute atomic E-state index is 0.256. The Morgan fingerprint density at radius 1 is 1.09 bits per heavy atom. The third-order valence-corrected chi connectivity index (χ3v) is 4.29. The number of amides is 1. The van der Waals surface area contributed by atoms with Crippen LogP contribution < -0.4 is 5.48 Å². The van der Waals surface area contributed by atoms with E-state index in [9.17, 15) is 9.18 Å². The molecule has 0 atom stereocenters. The molecule has 3 rings (SSSR count). The second kappa shape index (κ2) is 6.09. The fraction of sp³-hybridized carbons (Fsp3) is 0. The zero-order chi connectivity index (χ0) is 15.5. The van der Waals surface area contributed by atoms with Gasteiger partial charge in [-0.15, -0.1) is 11.3 Å². The van der Waals surface area contributed by atoms with E-state index in [1.807, 2.05) is 24.3 Å². The van der Waals surface area contributed by atoms with E-state index in [0.29, 0.717) is 5.56 Å². The highest BCUT2D eigenvalue weighted by Gasteiger charge is 2.06. The first-order valence-electron chi connectivity index (χ1n) is 6.57. The van der Waals surface area contributed by atoms with Gasteiger partial charge in [0.2, 0.25) is 0 Å². The summed E-state index contributed by atoms with van der Waals surface area (Å²) >= 11 is 1.59. The topological polar surface area (TPSA) is 49.3 Å². The molecule has 1 aromatic heterocycles. The van der Waals surface area contributed by atoms with E-state index in [1.165, 1.54) is 12.1 Å². The molecule has 0 aliphatic carbocycles. The molecule has 110 valence electrons. The molecule has 2 aromatic carbocycles. The largest absolute Gasteiger partial charge is 0.288 e. The maximum absolute atomic E-state index is 12.8. The Morgan fingerprint density at radius 3 is 2.59 bits per heavy atom. The number of benzene rings is 2. The van der Waals surface area contributed by atoms with Crippen molar-refractivity contribution in [2.24, 2.45) is 0 Å². The fourth-order valence-corrected chi connectivity index (χ4v) is 3.05. The van der Waals surface area contributed by atoms with Crippen molar-refractivity contribution in [3.8, 4) is 0 Å². The summed E-state index contributed by atoms with van der Waals surface area (Å²) < 4.78 is 13.9. The highest BCUT2D eigenvalue weighted by atomic mass is 32.1. The Bertz CT molecular complexity index is 853. The van der Waals surface area contributed by atoms with Crippen LogP contribution in [0.5, 0.6) is 0 Å². The third kappa shape index (κ3) is 3.05. The van der Waals surface area contributed by atoms with Crippen LogP contribution in [-0.2, 0) is 0 Å². The number of thiophene rings is 1. The summed E-state index contributed by atoms with van der Waals surface area (Å²) in [6.07, 6.45) is 3.86. The molecule has 0 radical (unpaired) electrons. The molecule has 0 saturated carbocycles. The number of nitrogens with one attached hydrogen (secondary N) is 1. The molecule has 0 fully saturated rings. The minimum Gasteiger partial charge on any atom is -0.288 e. The van der Waals surface area contributed by atoms with Gasteiger partial charge >= 0.3 is 0 Å². The second-order valence-corrected chi connectivity index (χ2v) is 5.84. The number of rotatable bonds is 3. The van der Waals surface area contributed by atoms with Crippen LogP contribution in [0.4, 0.5) is 4.39 Å². The van der Waals surface area contributed by atoms with Crippen molar-refractivity contribution in [3.63, 3.8) is 0 Å². The Balaban J connectivity index is 1.88. The quantitative estimate of drug-likeness (QED) is 0.558. The van der Waals surface area contributed by atoms with Crippen molar-refractivity contribution in [1.29, 1.82) is 0 Å². The van der Waals surface area contributed by atoms with Crippen LogP contribution in [0.25, 0.3) is 22.2 Å². The molecule has 1 heterocycles. The molecule has 0 aliphatic rings. The molecule has 3 nitrogen and oxygen atoms in total. The second-order valence-electron chi connectivity index (χ2n) is 4.73. The summed E-state index contributed by atoms with van der Waals surface area (Å²) in [5.74, 6) is -0.787.